The molecule has 0 radical (unpaired) electrons. The monoisotopic (exact) mass is 395 g/mol. The summed E-state index contributed by atoms with van der Waals surface area (Å²) in [5.74, 6) is 0.692. The highest BCUT2D eigenvalue weighted by atomic mass is 15.0. The van der Waals surface area contributed by atoms with E-state index in [0.717, 1.165) is 11.7 Å². The second-order valence-electron chi connectivity index (χ2n) is 8.64. The summed E-state index contributed by atoms with van der Waals surface area (Å²) in [6, 6.07) is 8.92. The Labute approximate surface area is 180 Å². The van der Waals surface area contributed by atoms with Crippen LogP contribution in [0.4, 0.5) is 0 Å². The van der Waals surface area contributed by atoms with Crippen molar-refractivity contribution in [2.45, 2.75) is 116 Å². The third-order valence-corrected chi connectivity index (χ3v) is 6.25. The number of benzene rings is 1. The summed E-state index contributed by atoms with van der Waals surface area (Å²) in [5, 5.41) is 0. The Kier molecular flexibility index (Phi) is 12.5. The average molecular weight is 396 g/mol. The summed E-state index contributed by atoms with van der Waals surface area (Å²) in [6.45, 7) is 4.61. The van der Waals surface area contributed by atoms with Crippen LogP contribution in [-0.4, -0.2) is 12.4 Å². The SMILES string of the molecule is CCCCCCCCCCCCCCCC(CC)c1ccc([C+]2N=CC=N2)cc1. The molecule has 1 heterocycles. The minimum absolute atomic E-state index is 0.692. The maximum atomic E-state index is 4.29. The molecule has 2 heteroatoms. The molecular weight excluding hydrogens is 352 g/mol. The standard InChI is InChI=1S/C27H43N2/c1-3-5-6-7-8-9-10-11-12-13-14-15-16-17-24(4-2)25-18-20-26(21-19-25)27-28-22-23-29-27/h18-24H,3-17H2,1-2H3/q+1. The lowest BCUT2D eigenvalue weighted by Crippen LogP contribution is -1.99. The Morgan fingerprint density at radius 3 is 1.62 bits per heavy atom. The number of unbranched alkanes of at least 4 members (excludes halogenated alkanes) is 12. The van der Waals surface area contributed by atoms with Crippen LogP contribution in [0.2, 0.25) is 0 Å². The molecule has 0 aliphatic carbocycles. The van der Waals surface area contributed by atoms with Gasteiger partial charge in [0.25, 0.3) is 0 Å². The molecule has 1 aromatic carbocycles. The number of rotatable bonds is 17. The van der Waals surface area contributed by atoms with E-state index in [0.29, 0.717) is 5.92 Å². The van der Waals surface area contributed by atoms with Crippen molar-refractivity contribution in [1.29, 1.82) is 0 Å². The first-order chi connectivity index (χ1) is 14.3. The van der Waals surface area contributed by atoms with Gasteiger partial charge < -0.3 is 0 Å². The Bertz CT molecular complexity index is 561. The molecule has 160 valence electrons. The van der Waals surface area contributed by atoms with E-state index in [2.05, 4.69) is 48.1 Å². The summed E-state index contributed by atoms with van der Waals surface area (Å²) in [4.78, 5) is 8.57. The van der Waals surface area contributed by atoms with Crippen LogP contribution in [-0.2, 0) is 0 Å². The van der Waals surface area contributed by atoms with Gasteiger partial charge in [-0.3, -0.25) is 0 Å². The van der Waals surface area contributed by atoms with Gasteiger partial charge in [-0.2, -0.15) is 0 Å². The smallest absolute Gasteiger partial charge is 0.147 e. The van der Waals surface area contributed by atoms with Gasteiger partial charge in [-0.05, 0) is 36.5 Å². The third-order valence-electron chi connectivity index (χ3n) is 6.25. The normalized spacial score (nSPS) is 14.1. The predicted octanol–water partition coefficient (Wildman–Crippen LogP) is 8.65. The molecule has 0 aromatic heterocycles. The number of hydrogen-bond donors (Lipinski definition) is 0. The molecule has 0 saturated carbocycles. The van der Waals surface area contributed by atoms with Crippen molar-refractivity contribution in [3.8, 4) is 0 Å². The molecule has 0 amide bonds. The number of aliphatic imine (C=N–C) groups is 2. The summed E-state index contributed by atoms with van der Waals surface area (Å²) in [5.41, 5.74) is 2.59. The highest BCUT2D eigenvalue weighted by Crippen LogP contribution is 2.28. The fourth-order valence-electron chi connectivity index (χ4n) is 4.31. The zero-order chi connectivity index (χ0) is 20.6. The highest BCUT2D eigenvalue weighted by molar-refractivity contribution is 6.18. The average Bonchev–Trinajstić information content (AvgIpc) is 3.29. The van der Waals surface area contributed by atoms with Gasteiger partial charge in [0.15, 0.2) is 0 Å². The predicted molar refractivity (Wildman–Crippen MR) is 129 cm³/mol. The van der Waals surface area contributed by atoms with E-state index in [-0.39, 0.29) is 0 Å². The molecule has 1 aromatic rings. The second kappa shape index (κ2) is 15.3. The van der Waals surface area contributed by atoms with Gasteiger partial charge in [0.2, 0.25) is 6.17 Å². The van der Waals surface area contributed by atoms with Crippen molar-refractivity contribution in [2.24, 2.45) is 9.98 Å². The second-order valence-corrected chi connectivity index (χ2v) is 8.64. The molecule has 1 unspecified atom stereocenters. The summed E-state index contributed by atoms with van der Waals surface area (Å²) in [7, 11) is 0. The van der Waals surface area contributed by atoms with Gasteiger partial charge in [0.05, 0.1) is 0 Å². The molecule has 2 rings (SSSR count). The molecule has 1 aliphatic heterocycles. The van der Waals surface area contributed by atoms with E-state index in [1.54, 1.807) is 12.4 Å². The van der Waals surface area contributed by atoms with E-state index in [1.165, 1.54) is 102 Å². The minimum Gasteiger partial charge on any atom is -0.147 e. The van der Waals surface area contributed by atoms with Crippen LogP contribution in [0.5, 0.6) is 0 Å². The van der Waals surface area contributed by atoms with Crippen LogP contribution >= 0.6 is 0 Å². The van der Waals surface area contributed by atoms with Crippen LogP contribution < -0.4 is 0 Å². The Balaban J connectivity index is 1.49. The summed E-state index contributed by atoms with van der Waals surface area (Å²) >= 11 is 0. The maximum absolute atomic E-state index is 4.29. The molecule has 0 bridgehead atoms. The maximum Gasteiger partial charge on any atom is 0.243 e. The van der Waals surface area contributed by atoms with Gasteiger partial charge in [-0.15, -0.1) is 9.98 Å². The number of nitrogens with zero attached hydrogens (tertiary/aromatic N) is 2. The van der Waals surface area contributed by atoms with Gasteiger partial charge in [-0.25, -0.2) is 0 Å². The molecule has 1 aliphatic rings. The molecular formula is C27H43N2+. The largest absolute Gasteiger partial charge is 0.243 e. The molecule has 0 spiro atoms. The van der Waals surface area contributed by atoms with Crippen molar-refractivity contribution in [3.05, 3.63) is 41.6 Å². The van der Waals surface area contributed by atoms with Crippen LogP contribution in [0.3, 0.4) is 0 Å². The Morgan fingerprint density at radius 1 is 0.655 bits per heavy atom. The first-order valence-corrected chi connectivity index (χ1v) is 12.4. The van der Waals surface area contributed by atoms with Crippen LogP contribution in [0.1, 0.15) is 127 Å². The molecule has 2 nitrogen and oxygen atoms in total. The fraction of sp³-hybridized carbons (Fsp3) is 0.667. The van der Waals surface area contributed by atoms with Gasteiger partial charge in [0, 0.05) is 12.1 Å². The van der Waals surface area contributed by atoms with Crippen molar-refractivity contribution in [2.75, 3.05) is 0 Å². The molecule has 0 saturated heterocycles. The van der Waals surface area contributed by atoms with Crippen LogP contribution in [0.15, 0.2) is 34.3 Å². The van der Waals surface area contributed by atoms with Gasteiger partial charge in [0.1, 0.15) is 18.0 Å². The van der Waals surface area contributed by atoms with Gasteiger partial charge in [-0.1, -0.05) is 97.3 Å². The molecule has 29 heavy (non-hydrogen) atoms. The first-order valence-electron chi connectivity index (χ1n) is 12.4. The lowest BCUT2D eigenvalue weighted by Gasteiger charge is -2.15. The Morgan fingerprint density at radius 2 is 1.14 bits per heavy atom. The molecule has 0 fully saturated rings. The van der Waals surface area contributed by atoms with E-state index in [9.17, 15) is 0 Å². The lowest BCUT2D eigenvalue weighted by atomic mass is 9.90. The lowest BCUT2D eigenvalue weighted by molar-refractivity contribution is 0.513. The number of hydrogen-bond acceptors (Lipinski definition) is 2. The zero-order valence-electron chi connectivity index (χ0n) is 19.0. The molecule has 1 atom stereocenters. The van der Waals surface area contributed by atoms with Crippen molar-refractivity contribution < 1.29 is 0 Å². The van der Waals surface area contributed by atoms with Crippen molar-refractivity contribution in [3.63, 3.8) is 0 Å². The van der Waals surface area contributed by atoms with Crippen molar-refractivity contribution in [1.82, 2.24) is 0 Å². The quantitative estimate of drug-likeness (QED) is 0.186. The van der Waals surface area contributed by atoms with Crippen LogP contribution in [0.25, 0.3) is 0 Å². The van der Waals surface area contributed by atoms with E-state index in [4.69, 9.17) is 0 Å². The van der Waals surface area contributed by atoms with Gasteiger partial charge >= 0.3 is 0 Å². The topological polar surface area (TPSA) is 24.7 Å². The van der Waals surface area contributed by atoms with E-state index < -0.39 is 0 Å². The fourth-order valence-corrected chi connectivity index (χ4v) is 4.31. The molecule has 0 N–H and O–H groups in total. The first kappa shape index (κ1) is 23.7. The Hall–Kier alpha value is -1.57. The minimum atomic E-state index is 0.692. The van der Waals surface area contributed by atoms with E-state index >= 15 is 0 Å². The summed E-state index contributed by atoms with van der Waals surface area (Å²) < 4.78 is 0. The van der Waals surface area contributed by atoms with Crippen molar-refractivity contribution >= 4 is 12.4 Å². The third kappa shape index (κ3) is 9.65. The highest BCUT2D eigenvalue weighted by Gasteiger charge is 2.18. The zero-order valence-corrected chi connectivity index (χ0v) is 19.0. The van der Waals surface area contributed by atoms with E-state index in [1.807, 2.05) is 0 Å². The summed E-state index contributed by atoms with van der Waals surface area (Å²) in [6.07, 6.45) is 25.4. The van der Waals surface area contributed by atoms with Crippen LogP contribution in [0, 0.1) is 6.17 Å².